The summed E-state index contributed by atoms with van der Waals surface area (Å²) in [5.74, 6) is 0. The van der Waals surface area contributed by atoms with E-state index in [0.717, 1.165) is 39.4 Å². The maximum absolute atomic E-state index is 5.83. The summed E-state index contributed by atoms with van der Waals surface area (Å²) < 4.78 is 13.6. The summed E-state index contributed by atoms with van der Waals surface area (Å²) in [7, 11) is 0. The van der Waals surface area contributed by atoms with Crippen LogP contribution >= 0.6 is 0 Å². The smallest absolute Gasteiger partial charge is 0.0898 e. The standard InChI is InChI=1S/C14H23N3O2/c1-2-8-18-13(4-1)10-16-7-9-19-14(11-16)12-17-6-3-5-15-17/h3,5-6,13-14H,1-2,4,7-12H2. The predicted molar refractivity (Wildman–Crippen MR) is 72.0 cm³/mol. The van der Waals surface area contributed by atoms with Gasteiger partial charge in [0.2, 0.25) is 0 Å². The van der Waals surface area contributed by atoms with Crippen LogP contribution in [0.5, 0.6) is 0 Å². The average molecular weight is 265 g/mol. The van der Waals surface area contributed by atoms with Gasteiger partial charge in [-0.25, -0.2) is 0 Å². The van der Waals surface area contributed by atoms with Crippen molar-refractivity contribution in [2.45, 2.75) is 38.0 Å². The van der Waals surface area contributed by atoms with E-state index in [2.05, 4.69) is 10.00 Å². The lowest BCUT2D eigenvalue weighted by molar-refractivity contribution is -0.0650. The first-order valence-corrected chi connectivity index (χ1v) is 7.33. The van der Waals surface area contributed by atoms with E-state index in [1.807, 2.05) is 23.1 Å². The predicted octanol–water partition coefficient (Wildman–Crippen LogP) is 1.15. The molecule has 5 heteroatoms. The Morgan fingerprint density at radius 3 is 2.84 bits per heavy atom. The molecule has 2 atom stereocenters. The average Bonchev–Trinajstić information content (AvgIpc) is 2.93. The van der Waals surface area contributed by atoms with E-state index >= 15 is 0 Å². The fourth-order valence-corrected chi connectivity index (χ4v) is 2.91. The third-order valence-corrected chi connectivity index (χ3v) is 3.91. The molecule has 2 saturated heterocycles. The molecule has 5 nitrogen and oxygen atoms in total. The van der Waals surface area contributed by atoms with Crippen LogP contribution in [0.15, 0.2) is 18.5 Å². The summed E-state index contributed by atoms with van der Waals surface area (Å²) in [4.78, 5) is 2.48. The van der Waals surface area contributed by atoms with Crippen LogP contribution in [-0.2, 0) is 16.0 Å². The number of ether oxygens (including phenoxy) is 2. The Morgan fingerprint density at radius 1 is 1.11 bits per heavy atom. The van der Waals surface area contributed by atoms with Gasteiger partial charge in [-0.2, -0.15) is 5.10 Å². The summed E-state index contributed by atoms with van der Waals surface area (Å²) >= 11 is 0. The van der Waals surface area contributed by atoms with Gasteiger partial charge in [0.15, 0.2) is 0 Å². The molecule has 0 spiro atoms. The van der Waals surface area contributed by atoms with Crippen LogP contribution in [0, 0.1) is 0 Å². The van der Waals surface area contributed by atoms with Crippen molar-refractivity contribution >= 4 is 0 Å². The Hall–Kier alpha value is -0.910. The summed E-state index contributed by atoms with van der Waals surface area (Å²) in [6, 6.07) is 1.95. The topological polar surface area (TPSA) is 39.5 Å². The highest BCUT2D eigenvalue weighted by atomic mass is 16.5. The number of hydrogen-bond donors (Lipinski definition) is 0. The van der Waals surface area contributed by atoms with Gasteiger partial charge >= 0.3 is 0 Å². The zero-order chi connectivity index (χ0) is 12.9. The monoisotopic (exact) mass is 265 g/mol. The van der Waals surface area contributed by atoms with Crippen LogP contribution in [-0.4, -0.2) is 59.7 Å². The number of aromatic nitrogens is 2. The summed E-state index contributed by atoms with van der Waals surface area (Å²) in [6.07, 6.45) is 8.23. The third-order valence-electron chi connectivity index (χ3n) is 3.91. The molecule has 1 aromatic heterocycles. The van der Waals surface area contributed by atoms with Crippen molar-refractivity contribution in [3.05, 3.63) is 18.5 Å². The molecule has 0 bridgehead atoms. The fraction of sp³-hybridized carbons (Fsp3) is 0.786. The first-order chi connectivity index (χ1) is 9.40. The normalized spacial score (nSPS) is 29.5. The number of morpholine rings is 1. The van der Waals surface area contributed by atoms with Gasteiger partial charge in [0.05, 0.1) is 25.4 Å². The van der Waals surface area contributed by atoms with Gasteiger partial charge in [-0.1, -0.05) is 0 Å². The molecule has 19 heavy (non-hydrogen) atoms. The first-order valence-electron chi connectivity index (χ1n) is 7.33. The Bertz CT molecular complexity index is 363. The van der Waals surface area contributed by atoms with Crippen molar-refractivity contribution in [3.8, 4) is 0 Å². The van der Waals surface area contributed by atoms with Gasteiger partial charge in [0, 0.05) is 38.6 Å². The summed E-state index contributed by atoms with van der Waals surface area (Å²) in [6.45, 7) is 5.66. The molecule has 0 saturated carbocycles. The second kappa shape index (κ2) is 6.50. The summed E-state index contributed by atoms with van der Waals surface area (Å²) in [5.41, 5.74) is 0. The maximum atomic E-state index is 5.83. The molecule has 0 N–H and O–H groups in total. The second-order valence-corrected chi connectivity index (χ2v) is 5.47. The quantitative estimate of drug-likeness (QED) is 0.819. The van der Waals surface area contributed by atoms with Crippen LogP contribution in [0.2, 0.25) is 0 Å². The van der Waals surface area contributed by atoms with E-state index in [0.29, 0.717) is 6.10 Å². The van der Waals surface area contributed by atoms with E-state index in [4.69, 9.17) is 9.47 Å². The van der Waals surface area contributed by atoms with E-state index in [1.165, 1.54) is 19.3 Å². The molecule has 106 valence electrons. The van der Waals surface area contributed by atoms with Crippen molar-refractivity contribution < 1.29 is 9.47 Å². The molecule has 2 fully saturated rings. The molecule has 3 heterocycles. The van der Waals surface area contributed by atoms with Crippen molar-refractivity contribution in [2.24, 2.45) is 0 Å². The molecule has 2 unspecified atom stereocenters. The fourth-order valence-electron chi connectivity index (χ4n) is 2.91. The van der Waals surface area contributed by atoms with Gasteiger partial charge in [-0.05, 0) is 25.3 Å². The SMILES string of the molecule is c1cnn(CC2CN(CC3CCCCO3)CCO2)c1. The van der Waals surface area contributed by atoms with Crippen molar-refractivity contribution in [1.29, 1.82) is 0 Å². The van der Waals surface area contributed by atoms with E-state index in [1.54, 1.807) is 0 Å². The third kappa shape index (κ3) is 3.78. The number of hydrogen-bond acceptors (Lipinski definition) is 4. The zero-order valence-corrected chi connectivity index (χ0v) is 11.4. The minimum absolute atomic E-state index is 0.247. The molecule has 0 aliphatic carbocycles. The van der Waals surface area contributed by atoms with Crippen molar-refractivity contribution in [3.63, 3.8) is 0 Å². The van der Waals surface area contributed by atoms with E-state index in [9.17, 15) is 0 Å². The Balaban J connectivity index is 1.47. The highest BCUT2D eigenvalue weighted by Gasteiger charge is 2.24. The van der Waals surface area contributed by atoms with Gasteiger partial charge in [-0.3, -0.25) is 9.58 Å². The van der Waals surface area contributed by atoms with Crippen molar-refractivity contribution in [1.82, 2.24) is 14.7 Å². The van der Waals surface area contributed by atoms with Gasteiger partial charge in [-0.15, -0.1) is 0 Å². The molecular weight excluding hydrogens is 242 g/mol. The van der Waals surface area contributed by atoms with Crippen molar-refractivity contribution in [2.75, 3.05) is 32.8 Å². The lowest BCUT2D eigenvalue weighted by Crippen LogP contribution is -2.47. The van der Waals surface area contributed by atoms with Crippen LogP contribution in [0.3, 0.4) is 0 Å². The molecule has 0 radical (unpaired) electrons. The lowest BCUT2D eigenvalue weighted by atomic mass is 10.1. The molecule has 1 aromatic rings. The lowest BCUT2D eigenvalue weighted by Gasteiger charge is -2.35. The largest absolute Gasteiger partial charge is 0.377 e. The highest BCUT2D eigenvalue weighted by Crippen LogP contribution is 2.16. The molecule has 0 aromatic carbocycles. The van der Waals surface area contributed by atoms with Gasteiger partial charge in [0.1, 0.15) is 0 Å². The Labute approximate surface area is 114 Å². The minimum Gasteiger partial charge on any atom is -0.377 e. The van der Waals surface area contributed by atoms with Gasteiger partial charge < -0.3 is 9.47 Å². The van der Waals surface area contributed by atoms with Crippen LogP contribution in [0.4, 0.5) is 0 Å². The van der Waals surface area contributed by atoms with Gasteiger partial charge in [0.25, 0.3) is 0 Å². The Morgan fingerprint density at radius 2 is 2.05 bits per heavy atom. The molecular formula is C14H23N3O2. The summed E-state index contributed by atoms with van der Waals surface area (Å²) in [5, 5.41) is 4.24. The molecule has 3 rings (SSSR count). The van der Waals surface area contributed by atoms with Crippen LogP contribution < -0.4 is 0 Å². The first kappa shape index (κ1) is 13.1. The van der Waals surface area contributed by atoms with Crippen LogP contribution in [0.1, 0.15) is 19.3 Å². The number of rotatable bonds is 4. The molecule has 2 aliphatic heterocycles. The second-order valence-electron chi connectivity index (χ2n) is 5.47. The molecule has 2 aliphatic rings. The Kier molecular flexibility index (Phi) is 4.48. The highest BCUT2D eigenvalue weighted by molar-refractivity contribution is 4.81. The zero-order valence-electron chi connectivity index (χ0n) is 11.4. The minimum atomic E-state index is 0.247. The number of nitrogens with zero attached hydrogens (tertiary/aromatic N) is 3. The van der Waals surface area contributed by atoms with E-state index in [-0.39, 0.29) is 6.10 Å². The maximum Gasteiger partial charge on any atom is 0.0898 e. The van der Waals surface area contributed by atoms with E-state index < -0.39 is 0 Å². The molecule has 0 amide bonds. The van der Waals surface area contributed by atoms with Crippen LogP contribution in [0.25, 0.3) is 0 Å².